The number of hydrogen-bond acceptors (Lipinski definition) is 6. The van der Waals surface area contributed by atoms with Crippen LogP contribution in [0.2, 0.25) is 0 Å². The molecule has 7 nitrogen and oxygen atoms in total. The van der Waals surface area contributed by atoms with Crippen LogP contribution in [-0.2, 0) is 0 Å². The van der Waals surface area contributed by atoms with Crippen LogP contribution in [0.5, 0.6) is 17.4 Å². The molecule has 1 aromatic heterocycles. The van der Waals surface area contributed by atoms with Crippen molar-refractivity contribution in [2.75, 3.05) is 38.2 Å². The summed E-state index contributed by atoms with van der Waals surface area (Å²) in [5, 5.41) is 0. The van der Waals surface area contributed by atoms with Crippen LogP contribution in [-0.4, -0.2) is 54.1 Å². The van der Waals surface area contributed by atoms with Gasteiger partial charge in [-0.1, -0.05) is 0 Å². The number of carbonyl (C=O) groups is 1. The number of rotatable bonds is 5. The molecule has 1 aliphatic heterocycles. The minimum Gasteiger partial charge on any atom is -0.480 e. The molecule has 0 radical (unpaired) electrons. The highest BCUT2D eigenvalue weighted by Gasteiger charge is 2.23. The Morgan fingerprint density at radius 2 is 1.74 bits per heavy atom. The van der Waals surface area contributed by atoms with E-state index in [1.807, 2.05) is 4.90 Å². The zero-order valence-corrected chi connectivity index (χ0v) is 16.8. The number of benzene rings is 2. The Balaban J connectivity index is 1.36. The summed E-state index contributed by atoms with van der Waals surface area (Å²) in [6.07, 6.45) is 3.21. The van der Waals surface area contributed by atoms with Gasteiger partial charge in [0, 0.05) is 37.8 Å². The number of methoxy groups -OCH3 is 1. The van der Waals surface area contributed by atoms with Crippen LogP contribution >= 0.6 is 0 Å². The van der Waals surface area contributed by atoms with Gasteiger partial charge >= 0.3 is 0 Å². The summed E-state index contributed by atoms with van der Waals surface area (Å²) in [6.45, 7) is 2.32. The molecule has 31 heavy (non-hydrogen) atoms. The lowest BCUT2D eigenvalue weighted by Crippen LogP contribution is -2.49. The first-order valence-corrected chi connectivity index (χ1v) is 9.67. The highest BCUT2D eigenvalue weighted by atomic mass is 19.1. The maximum atomic E-state index is 13.7. The van der Waals surface area contributed by atoms with Crippen LogP contribution in [0.3, 0.4) is 0 Å². The van der Waals surface area contributed by atoms with E-state index in [1.165, 1.54) is 13.2 Å². The predicted octanol–water partition coefficient (Wildman–Crippen LogP) is 3.52. The molecular weight excluding hydrogens is 406 g/mol. The number of nitrogens with zero attached hydrogens (tertiary/aromatic N) is 4. The van der Waals surface area contributed by atoms with Crippen LogP contribution in [0.15, 0.2) is 54.9 Å². The Kier molecular flexibility index (Phi) is 5.92. The van der Waals surface area contributed by atoms with Gasteiger partial charge in [0.15, 0.2) is 17.4 Å². The van der Waals surface area contributed by atoms with Gasteiger partial charge in [-0.05, 0) is 36.4 Å². The van der Waals surface area contributed by atoms with Crippen LogP contribution in [0.25, 0.3) is 0 Å². The molecule has 1 aliphatic rings. The molecule has 0 aliphatic carbocycles. The molecule has 4 rings (SSSR count). The van der Waals surface area contributed by atoms with Crippen LogP contribution in [0.1, 0.15) is 10.4 Å². The SMILES string of the molecule is COc1cncc(N2CCN(C(=O)c3ccc(Oc4ccc(F)cc4F)cc3)CC2)n1. The molecule has 1 saturated heterocycles. The quantitative estimate of drug-likeness (QED) is 0.622. The number of halogens is 2. The number of ether oxygens (including phenoxy) is 2. The van der Waals surface area contributed by atoms with Crippen molar-refractivity contribution in [3.8, 4) is 17.4 Å². The molecule has 2 aromatic carbocycles. The molecule has 0 saturated carbocycles. The molecule has 0 atom stereocenters. The van der Waals surface area contributed by atoms with Gasteiger partial charge in [0.2, 0.25) is 5.88 Å². The van der Waals surface area contributed by atoms with E-state index in [0.717, 1.165) is 12.1 Å². The molecule has 1 amide bonds. The van der Waals surface area contributed by atoms with E-state index in [-0.39, 0.29) is 11.7 Å². The summed E-state index contributed by atoms with van der Waals surface area (Å²) in [6, 6.07) is 9.50. The van der Waals surface area contributed by atoms with Crippen molar-refractivity contribution in [3.05, 3.63) is 72.1 Å². The Morgan fingerprint density at radius 3 is 2.42 bits per heavy atom. The number of piperazine rings is 1. The Hall–Kier alpha value is -3.75. The van der Waals surface area contributed by atoms with Crippen molar-refractivity contribution >= 4 is 11.7 Å². The molecule has 0 spiro atoms. The first-order chi connectivity index (χ1) is 15.0. The number of hydrogen-bond donors (Lipinski definition) is 0. The minimum atomic E-state index is -0.793. The third-order valence-corrected chi connectivity index (χ3v) is 4.92. The summed E-state index contributed by atoms with van der Waals surface area (Å²) in [5.41, 5.74) is 0.501. The average molecular weight is 426 g/mol. The summed E-state index contributed by atoms with van der Waals surface area (Å²) < 4.78 is 37.3. The smallest absolute Gasteiger partial charge is 0.253 e. The predicted molar refractivity (Wildman–Crippen MR) is 110 cm³/mol. The van der Waals surface area contributed by atoms with Crippen LogP contribution < -0.4 is 14.4 Å². The van der Waals surface area contributed by atoms with Gasteiger partial charge in [-0.15, -0.1) is 0 Å². The second-order valence-corrected chi connectivity index (χ2v) is 6.90. The zero-order chi connectivity index (χ0) is 21.8. The third-order valence-electron chi connectivity index (χ3n) is 4.92. The first-order valence-electron chi connectivity index (χ1n) is 9.67. The monoisotopic (exact) mass is 426 g/mol. The number of carbonyl (C=O) groups excluding carboxylic acids is 1. The van der Waals surface area contributed by atoms with E-state index in [2.05, 4.69) is 9.97 Å². The summed E-state index contributed by atoms with van der Waals surface area (Å²) >= 11 is 0. The van der Waals surface area contributed by atoms with E-state index < -0.39 is 11.6 Å². The number of aromatic nitrogens is 2. The van der Waals surface area contributed by atoms with E-state index in [9.17, 15) is 13.6 Å². The van der Waals surface area contributed by atoms with E-state index in [0.29, 0.717) is 49.2 Å². The van der Waals surface area contributed by atoms with Gasteiger partial charge in [-0.3, -0.25) is 9.78 Å². The normalized spacial score (nSPS) is 13.8. The van der Waals surface area contributed by atoms with Crippen LogP contribution in [0.4, 0.5) is 14.6 Å². The number of amides is 1. The molecule has 0 unspecified atom stereocenters. The summed E-state index contributed by atoms with van der Waals surface area (Å²) in [4.78, 5) is 25.1. The Labute approximate surface area is 177 Å². The van der Waals surface area contributed by atoms with Gasteiger partial charge in [-0.2, -0.15) is 4.98 Å². The van der Waals surface area contributed by atoms with Gasteiger partial charge in [0.1, 0.15) is 11.6 Å². The van der Waals surface area contributed by atoms with Gasteiger partial charge in [0.25, 0.3) is 5.91 Å². The lowest BCUT2D eigenvalue weighted by molar-refractivity contribution is 0.0746. The standard InChI is InChI=1S/C22H20F2N4O3/c1-30-21-14-25-13-20(26-21)27-8-10-28(11-9-27)22(29)15-2-5-17(6-3-15)31-19-7-4-16(23)12-18(19)24/h2-7,12-14H,8-11H2,1H3. The van der Waals surface area contributed by atoms with E-state index in [1.54, 1.807) is 41.6 Å². The van der Waals surface area contributed by atoms with Crippen molar-refractivity contribution in [2.24, 2.45) is 0 Å². The Morgan fingerprint density at radius 1 is 1.00 bits per heavy atom. The molecule has 1 fully saturated rings. The molecule has 2 heterocycles. The lowest BCUT2D eigenvalue weighted by Gasteiger charge is -2.35. The maximum absolute atomic E-state index is 13.7. The highest BCUT2D eigenvalue weighted by molar-refractivity contribution is 5.94. The summed E-state index contributed by atoms with van der Waals surface area (Å²) in [5.74, 6) is -0.153. The second-order valence-electron chi connectivity index (χ2n) is 6.90. The molecular formula is C22H20F2N4O3. The van der Waals surface area contributed by atoms with Crippen molar-refractivity contribution in [2.45, 2.75) is 0 Å². The lowest BCUT2D eigenvalue weighted by atomic mass is 10.1. The average Bonchev–Trinajstić information content (AvgIpc) is 2.81. The molecule has 0 N–H and O–H groups in total. The zero-order valence-electron chi connectivity index (χ0n) is 16.8. The molecule has 9 heteroatoms. The largest absolute Gasteiger partial charge is 0.480 e. The van der Waals surface area contributed by atoms with Crippen LogP contribution in [0, 0.1) is 11.6 Å². The van der Waals surface area contributed by atoms with Crippen molar-refractivity contribution in [3.63, 3.8) is 0 Å². The van der Waals surface area contributed by atoms with Crippen molar-refractivity contribution in [1.82, 2.24) is 14.9 Å². The maximum Gasteiger partial charge on any atom is 0.253 e. The first kappa shape index (κ1) is 20.5. The van der Waals surface area contributed by atoms with E-state index >= 15 is 0 Å². The van der Waals surface area contributed by atoms with E-state index in [4.69, 9.17) is 9.47 Å². The highest BCUT2D eigenvalue weighted by Crippen LogP contribution is 2.25. The fourth-order valence-electron chi connectivity index (χ4n) is 3.26. The minimum absolute atomic E-state index is 0.0859. The van der Waals surface area contributed by atoms with Gasteiger partial charge < -0.3 is 19.3 Å². The molecule has 3 aromatic rings. The fourth-order valence-corrected chi connectivity index (χ4v) is 3.26. The molecule has 0 bridgehead atoms. The topological polar surface area (TPSA) is 67.8 Å². The van der Waals surface area contributed by atoms with Crippen molar-refractivity contribution in [1.29, 1.82) is 0 Å². The van der Waals surface area contributed by atoms with Crippen molar-refractivity contribution < 1.29 is 23.0 Å². The summed E-state index contributed by atoms with van der Waals surface area (Å²) in [7, 11) is 1.54. The molecule has 160 valence electrons. The van der Waals surface area contributed by atoms with Gasteiger partial charge in [0.05, 0.1) is 19.5 Å². The van der Waals surface area contributed by atoms with Gasteiger partial charge in [-0.25, -0.2) is 8.78 Å². The third kappa shape index (κ3) is 4.71. The Bertz CT molecular complexity index is 1070. The number of anilines is 1. The fraction of sp³-hybridized carbons (Fsp3) is 0.227. The second kappa shape index (κ2) is 8.95.